The van der Waals surface area contributed by atoms with Gasteiger partial charge in [-0.3, -0.25) is 0 Å². The van der Waals surface area contributed by atoms with E-state index in [-0.39, 0.29) is 6.61 Å². The largest absolute Gasteiger partial charge is 0.396 e. The molecule has 2 heteroatoms. The fraction of sp³-hybridized carbons (Fsp3) is 0.375. The topological polar surface area (TPSA) is 20.2 Å². The van der Waals surface area contributed by atoms with Crippen molar-refractivity contribution in [3.05, 3.63) is 31.6 Å². The lowest BCUT2D eigenvalue weighted by molar-refractivity contribution is 0.322. The molecule has 1 aliphatic carbocycles. The van der Waals surface area contributed by atoms with Crippen LogP contribution in [0.25, 0.3) is 0 Å². The molecule has 0 aromatic carbocycles. The van der Waals surface area contributed by atoms with Gasteiger partial charge in [0.1, 0.15) is 0 Å². The maximum Gasteiger partial charge on any atom is 0.0521 e. The van der Waals surface area contributed by atoms with Gasteiger partial charge in [0.2, 0.25) is 0 Å². The van der Waals surface area contributed by atoms with E-state index < -0.39 is 0 Å². The van der Waals surface area contributed by atoms with Crippen LogP contribution in [-0.4, -0.2) is 23.2 Å². The first-order valence-electron chi connectivity index (χ1n) is 3.32. The molecular weight excluding hydrogens is 144 g/mol. The van der Waals surface area contributed by atoms with Crippen LogP contribution in [0.5, 0.6) is 0 Å². The van der Waals surface area contributed by atoms with E-state index in [0.29, 0.717) is 0 Å². The van der Waals surface area contributed by atoms with Gasteiger partial charge < -0.3 is 5.11 Å². The Bertz CT molecular complexity index is 79.3. The molecule has 0 aromatic heterocycles. The van der Waals surface area contributed by atoms with Gasteiger partial charge in [-0.05, 0) is 31.6 Å². The summed E-state index contributed by atoms with van der Waals surface area (Å²) < 4.78 is 0. The van der Waals surface area contributed by atoms with Crippen LogP contribution < -0.4 is 0 Å². The Morgan fingerprint density at radius 3 is 2.60 bits per heavy atom. The Balaban J connectivity index is 1.91. The molecule has 1 N–H and O–H groups in total. The highest BCUT2D eigenvalue weighted by atomic mass is 32.2. The first-order chi connectivity index (χ1) is 4.93. The summed E-state index contributed by atoms with van der Waals surface area (Å²) >= 11 is 1.76. The Labute approximate surface area is 67.2 Å². The number of hydrogen-bond donors (Lipinski definition) is 1. The third-order valence-corrected chi connectivity index (χ3v) is 2.24. The van der Waals surface area contributed by atoms with Crippen molar-refractivity contribution in [2.75, 3.05) is 18.1 Å². The van der Waals surface area contributed by atoms with Crippen LogP contribution in [0.4, 0.5) is 0 Å². The van der Waals surface area contributed by atoms with Gasteiger partial charge in [0, 0.05) is 11.5 Å². The van der Waals surface area contributed by atoms with Crippen LogP contribution in [0.1, 0.15) is 0 Å². The number of aliphatic hydroxyl groups is 1. The lowest BCUT2D eigenvalue weighted by atomic mass is 10.1. The summed E-state index contributed by atoms with van der Waals surface area (Å²) in [5, 5.41) is 8.47. The second-order valence-electron chi connectivity index (χ2n) is 2.07. The van der Waals surface area contributed by atoms with Crippen molar-refractivity contribution >= 4 is 11.8 Å². The first kappa shape index (κ1) is 8.41. The zero-order valence-electron chi connectivity index (χ0n) is 5.79. The molecule has 0 unspecified atom stereocenters. The van der Waals surface area contributed by atoms with E-state index in [0.717, 1.165) is 11.5 Å². The lowest BCUT2D eigenvalue weighted by Crippen LogP contribution is -1.97. The van der Waals surface area contributed by atoms with Crippen LogP contribution in [0.2, 0.25) is 0 Å². The number of rotatable bonds is 4. The van der Waals surface area contributed by atoms with Crippen molar-refractivity contribution < 1.29 is 5.11 Å². The standard InChI is InChI=1S/C8H11OS/c9-5-6-10-7-8-3-1-2-4-8/h1-4,9H,5-7H2. The lowest BCUT2D eigenvalue weighted by Gasteiger charge is -2.04. The molecule has 0 atom stereocenters. The summed E-state index contributed by atoms with van der Waals surface area (Å²) in [6.45, 7) is 0.283. The highest BCUT2D eigenvalue weighted by molar-refractivity contribution is 7.99. The minimum atomic E-state index is 0.283. The molecule has 0 heterocycles. The monoisotopic (exact) mass is 155 g/mol. The Morgan fingerprint density at radius 2 is 2.00 bits per heavy atom. The van der Waals surface area contributed by atoms with E-state index in [4.69, 9.17) is 5.11 Å². The van der Waals surface area contributed by atoms with Crippen LogP contribution in [0.3, 0.4) is 0 Å². The number of hydrogen-bond acceptors (Lipinski definition) is 2. The van der Waals surface area contributed by atoms with Crippen molar-refractivity contribution in [3.8, 4) is 0 Å². The predicted octanol–water partition coefficient (Wildman–Crippen LogP) is 1.12. The molecule has 0 spiro atoms. The molecule has 1 aliphatic rings. The smallest absolute Gasteiger partial charge is 0.0521 e. The minimum absolute atomic E-state index is 0.283. The maximum absolute atomic E-state index is 8.47. The highest BCUT2D eigenvalue weighted by Gasteiger charge is 2.15. The van der Waals surface area contributed by atoms with Crippen LogP contribution >= 0.6 is 11.8 Å². The molecule has 0 saturated heterocycles. The Kier molecular flexibility index (Phi) is 4.23. The molecule has 0 aromatic rings. The zero-order chi connectivity index (χ0) is 7.23. The summed E-state index contributed by atoms with van der Waals surface area (Å²) in [7, 11) is 0. The third-order valence-electron chi connectivity index (χ3n) is 1.24. The number of aliphatic hydroxyl groups excluding tert-OH is 1. The quantitative estimate of drug-likeness (QED) is 0.614. The van der Waals surface area contributed by atoms with E-state index in [1.54, 1.807) is 11.8 Å². The Hall–Kier alpha value is 0.310. The summed E-state index contributed by atoms with van der Waals surface area (Å²) in [5.41, 5.74) is 0. The van der Waals surface area contributed by atoms with Gasteiger partial charge in [-0.1, -0.05) is 0 Å². The van der Waals surface area contributed by atoms with Crippen molar-refractivity contribution in [1.29, 1.82) is 0 Å². The average molecular weight is 155 g/mol. The molecular formula is C8H11OS. The van der Waals surface area contributed by atoms with Crippen molar-refractivity contribution in [2.24, 2.45) is 0 Å². The highest BCUT2D eigenvalue weighted by Crippen LogP contribution is 2.26. The second-order valence-corrected chi connectivity index (χ2v) is 3.17. The van der Waals surface area contributed by atoms with Gasteiger partial charge in [0.25, 0.3) is 0 Å². The first-order valence-corrected chi connectivity index (χ1v) is 4.48. The molecule has 55 valence electrons. The van der Waals surface area contributed by atoms with Crippen LogP contribution in [-0.2, 0) is 0 Å². The van der Waals surface area contributed by atoms with Gasteiger partial charge in [0.15, 0.2) is 0 Å². The summed E-state index contributed by atoms with van der Waals surface area (Å²) in [6, 6.07) is 0. The van der Waals surface area contributed by atoms with E-state index in [9.17, 15) is 0 Å². The van der Waals surface area contributed by atoms with E-state index in [1.165, 1.54) is 5.92 Å². The van der Waals surface area contributed by atoms with Gasteiger partial charge in [0.05, 0.1) is 6.61 Å². The van der Waals surface area contributed by atoms with Gasteiger partial charge in [-0.2, -0.15) is 11.8 Å². The maximum atomic E-state index is 8.47. The fourth-order valence-electron chi connectivity index (χ4n) is 0.765. The molecule has 5 radical (unpaired) electrons. The summed E-state index contributed by atoms with van der Waals surface area (Å²) in [6.07, 6.45) is 8.28. The second kappa shape index (κ2) is 5.03. The molecule has 0 bridgehead atoms. The number of thioether (sulfide) groups is 1. The van der Waals surface area contributed by atoms with E-state index >= 15 is 0 Å². The van der Waals surface area contributed by atoms with Crippen molar-refractivity contribution in [3.63, 3.8) is 0 Å². The minimum Gasteiger partial charge on any atom is -0.396 e. The van der Waals surface area contributed by atoms with Crippen LogP contribution in [0, 0.1) is 31.6 Å². The Morgan fingerprint density at radius 1 is 1.30 bits per heavy atom. The normalized spacial score (nSPS) is 20.1. The van der Waals surface area contributed by atoms with Gasteiger partial charge in [-0.15, -0.1) is 0 Å². The van der Waals surface area contributed by atoms with Gasteiger partial charge >= 0.3 is 0 Å². The molecule has 1 rings (SSSR count). The molecule has 10 heavy (non-hydrogen) atoms. The third kappa shape index (κ3) is 2.93. The van der Waals surface area contributed by atoms with Crippen molar-refractivity contribution in [1.82, 2.24) is 0 Å². The molecule has 0 aliphatic heterocycles. The molecule has 0 amide bonds. The van der Waals surface area contributed by atoms with E-state index in [1.807, 2.05) is 12.8 Å². The summed E-state index contributed by atoms with van der Waals surface area (Å²) in [5.74, 6) is 3.21. The van der Waals surface area contributed by atoms with Crippen molar-refractivity contribution in [2.45, 2.75) is 0 Å². The molecule has 1 nitrogen and oxygen atoms in total. The average Bonchev–Trinajstić information content (AvgIpc) is 2.41. The predicted molar refractivity (Wildman–Crippen MR) is 44.9 cm³/mol. The fourth-order valence-corrected chi connectivity index (χ4v) is 1.47. The summed E-state index contributed by atoms with van der Waals surface area (Å²) in [4.78, 5) is 0. The molecule has 1 fully saturated rings. The zero-order valence-corrected chi connectivity index (χ0v) is 6.60. The van der Waals surface area contributed by atoms with Crippen LogP contribution in [0.15, 0.2) is 0 Å². The molecule has 1 saturated carbocycles. The SMILES string of the molecule is OCCSC[C]1[CH][CH][CH][CH]1. The van der Waals surface area contributed by atoms with E-state index in [2.05, 4.69) is 12.8 Å². The van der Waals surface area contributed by atoms with Gasteiger partial charge in [-0.25, -0.2) is 0 Å².